The lowest BCUT2D eigenvalue weighted by molar-refractivity contribution is 0.250. The van der Waals surface area contributed by atoms with Crippen LogP contribution >= 0.6 is 0 Å². The molecule has 0 saturated heterocycles. The standard InChI is InChI=1S/C21H28FN5O/c1-4-23-20(25-14-17-6-5-7-18(22)12-17)24-13-16-8-10-19(11-9-16)27-21(28)26-15(2)3/h5-12,15H,4,13-14H2,1-3H3,(H2,23,24,25)(H2,26,27,28). The van der Waals surface area contributed by atoms with Gasteiger partial charge in [0.25, 0.3) is 0 Å². The van der Waals surface area contributed by atoms with Gasteiger partial charge in [-0.2, -0.15) is 0 Å². The maximum absolute atomic E-state index is 13.3. The highest BCUT2D eigenvalue weighted by Crippen LogP contribution is 2.09. The van der Waals surface area contributed by atoms with Crippen molar-refractivity contribution in [1.82, 2.24) is 16.0 Å². The van der Waals surface area contributed by atoms with E-state index >= 15 is 0 Å². The fraction of sp³-hybridized carbons (Fsp3) is 0.333. The Balaban J connectivity index is 1.90. The quantitative estimate of drug-likeness (QED) is 0.434. The number of hydrogen-bond acceptors (Lipinski definition) is 2. The minimum atomic E-state index is -0.263. The molecule has 2 aromatic carbocycles. The number of aliphatic imine (C=N–C) groups is 1. The summed E-state index contributed by atoms with van der Waals surface area (Å²) in [5.74, 6) is 0.395. The first-order chi connectivity index (χ1) is 13.5. The van der Waals surface area contributed by atoms with Gasteiger partial charge < -0.3 is 21.3 Å². The van der Waals surface area contributed by atoms with Crippen molar-refractivity contribution in [3.8, 4) is 0 Å². The van der Waals surface area contributed by atoms with E-state index in [1.807, 2.05) is 51.1 Å². The molecule has 6 nitrogen and oxygen atoms in total. The number of carbonyl (C=O) groups excluding carboxylic acids is 1. The maximum Gasteiger partial charge on any atom is 0.319 e. The molecule has 2 amide bonds. The Bertz CT molecular complexity index is 790. The average Bonchev–Trinajstić information content (AvgIpc) is 2.64. The molecule has 7 heteroatoms. The van der Waals surface area contributed by atoms with E-state index in [1.54, 1.807) is 6.07 Å². The Morgan fingerprint density at radius 1 is 1.07 bits per heavy atom. The highest BCUT2D eigenvalue weighted by Gasteiger charge is 2.04. The molecule has 2 aromatic rings. The minimum absolute atomic E-state index is 0.0830. The second kappa shape index (κ2) is 10.9. The topological polar surface area (TPSA) is 77.6 Å². The van der Waals surface area contributed by atoms with Gasteiger partial charge in [0.2, 0.25) is 0 Å². The summed E-state index contributed by atoms with van der Waals surface area (Å²) in [6, 6.07) is 13.9. The van der Waals surface area contributed by atoms with E-state index in [-0.39, 0.29) is 17.9 Å². The number of amides is 2. The Labute approximate surface area is 165 Å². The van der Waals surface area contributed by atoms with Crippen LogP contribution < -0.4 is 21.3 Å². The lowest BCUT2D eigenvalue weighted by Crippen LogP contribution is -2.36. The number of guanidine groups is 1. The molecule has 0 heterocycles. The predicted octanol–water partition coefficient (Wildman–Crippen LogP) is 3.61. The molecule has 150 valence electrons. The summed E-state index contributed by atoms with van der Waals surface area (Å²) in [4.78, 5) is 16.2. The smallest absolute Gasteiger partial charge is 0.319 e. The molecule has 0 spiro atoms. The molecule has 2 rings (SSSR count). The van der Waals surface area contributed by atoms with Gasteiger partial charge in [0.1, 0.15) is 5.82 Å². The number of anilines is 1. The van der Waals surface area contributed by atoms with Crippen LogP contribution in [0.4, 0.5) is 14.9 Å². The fourth-order valence-electron chi connectivity index (χ4n) is 2.47. The SMILES string of the molecule is CCNC(=NCc1cccc(F)c1)NCc1ccc(NC(=O)NC(C)C)cc1. The van der Waals surface area contributed by atoms with Crippen molar-refractivity contribution >= 4 is 17.7 Å². The first-order valence-corrected chi connectivity index (χ1v) is 9.39. The third-order valence-electron chi connectivity index (χ3n) is 3.74. The van der Waals surface area contributed by atoms with Crippen molar-refractivity contribution in [2.75, 3.05) is 11.9 Å². The summed E-state index contributed by atoms with van der Waals surface area (Å²) in [7, 11) is 0. The fourth-order valence-corrected chi connectivity index (χ4v) is 2.47. The molecule has 0 bridgehead atoms. The number of halogens is 1. The molecule has 0 aliphatic rings. The molecule has 0 fully saturated rings. The van der Waals surface area contributed by atoms with Gasteiger partial charge in [0.05, 0.1) is 6.54 Å². The van der Waals surface area contributed by atoms with Crippen molar-refractivity contribution in [2.24, 2.45) is 4.99 Å². The van der Waals surface area contributed by atoms with Gasteiger partial charge in [-0.1, -0.05) is 24.3 Å². The predicted molar refractivity (Wildman–Crippen MR) is 112 cm³/mol. The highest BCUT2D eigenvalue weighted by atomic mass is 19.1. The van der Waals surface area contributed by atoms with Crippen molar-refractivity contribution < 1.29 is 9.18 Å². The first-order valence-electron chi connectivity index (χ1n) is 9.39. The van der Waals surface area contributed by atoms with Crippen LogP contribution in [-0.4, -0.2) is 24.6 Å². The summed E-state index contributed by atoms with van der Waals surface area (Å²) >= 11 is 0. The van der Waals surface area contributed by atoms with Crippen LogP contribution in [0.1, 0.15) is 31.9 Å². The zero-order chi connectivity index (χ0) is 20.4. The number of carbonyl (C=O) groups is 1. The Kier molecular flexibility index (Phi) is 8.27. The van der Waals surface area contributed by atoms with Gasteiger partial charge in [0, 0.05) is 24.8 Å². The van der Waals surface area contributed by atoms with Crippen molar-refractivity contribution in [2.45, 2.75) is 39.9 Å². The van der Waals surface area contributed by atoms with E-state index in [1.165, 1.54) is 12.1 Å². The number of rotatable bonds is 7. The summed E-state index contributed by atoms with van der Waals surface area (Å²) in [6.45, 7) is 7.50. The van der Waals surface area contributed by atoms with Gasteiger partial charge in [-0.25, -0.2) is 14.2 Å². The Morgan fingerprint density at radius 3 is 2.46 bits per heavy atom. The van der Waals surface area contributed by atoms with E-state index in [2.05, 4.69) is 26.3 Å². The summed E-state index contributed by atoms with van der Waals surface area (Å²) in [5, 5.41) is 12.0. The second-order valence-electron chi connectivity index (χ2n) is 6.63. The highest BCUT2D eigenvalue weighted by molar-refractivity contribution is 5.89. The van der Waals surface area contributed by atoms with Crippen LogP contribution in [0, 0.1) is 5.82 Å². The molecule has 0 atom stereocenters. The Morgan fingerprint density at radius 2 is 1.82 bits per heavy atom. The molecule has 0 aliphatic heterocycles. The molecule has 28 heavy (non-hydrogen) atoms. The van der Waals surface area contributed by atoms with Crippen LogP contribution in [0.3, 0.4) is 0 Å². The summed E-state index contributed by atoms with van der Waals surface area (Å²) < 4.78 is 13.3. The number of nitrogens with one attached hydrogen (secondary N) is 4. The number of nitrogens with zero attached hydrogens (tertiary/aromatic N) is 1. The van der Waals surface area contributed by atoms with E-state index in [9.17, 15) is 9.18 Å². The summed E-state index contributed by atoms with van der Waals surface area (Å²) in [5.41, 5.74) is 2.59. The second-order valence-corrected chi connectivity index (χ2v) is 6.63. The third-order valence-corrected chi connectivity index (χ3v) is 3.74. The summed E-state index contributed by atoms with van der Waals surface area (Å²) in [6.07, 6.45) is 0. The van der Waals surface area contributed by atoms with E-state index in [0.29, 0.717) is 19.0 Å². The molecule has 0 saturated carbocycles. The van der Waals surface area contributed by atoms with E-state index in [0.717, 1.165) is 23.4 Å². The van der Waals surface area contributed by atoms with Crippen LogP contribution in [0.15, 0.2) is 53.5 Å². The lowest BCUT2D eigenvalue weighted by atomic mass is 10.2. The van der Waals surface area contributed by atoms with Crippen molar-refractivity contribution in [1.29, 1.82) is 0 Å². The third kappa shape index (κ3) is 7.65. The lowest BCUT2D eigenvalue weighted by Gasteiger charge is -2.13. The van der Waals surface area contributed by atoms with Gasteiger partial charge in [-0.05, 0) is 56.2 Å². The molecule has 0 aromatic heterocycles. The monoisotopic (exact) mass is 385 g/mol. The van der Waals surface area contributed by atoms with Crippen LogP contribution in [0.5, 0.6) is 0 Å². The van der Waals surface area contributed by atoms with Gasteiger partial charge in [-0.15, -0.1) is 0 Å². The minimum Gasteiger partial charge on any atom is -0.357 e. The van der Waals surface area contributed by atoms with Crippen LogP contribution in [-0.2, 0) is 13.1 Å². The number of benzene rings is 2. The molecule has 4 N–H and O–H groups in total. The normalized spacial score (nSPS) is 11.2. The van der Waals surface area contributed by atoms with Gasteiger partial charge in [-0.3, -0.25) is 0 Å². The molecule has 0 aliphatic carbocycles. The van der Waals surface area contributed by atoms with Gasteiger partial charge in [0.15, 0.2) is 5.96 Å². The molecular formula is C21H28FN5O. The number of urea groups is 1. The zero-order valence-electron chi connectivity index (χ0n) is 16.6. The average molecular weight is 385 g/mol. The van der Waals surface area contributed by atoms with E-state index in [4.69, 9.17) is 0 Å². The Hall–Kier alpha value is -3.09. The van der Waals surface area contributed by atoms with Crippen LogP contribution in [0.2, 0.25) is 0 Å². The largest absolute Gasteiger partial charge is 0.357 e. The van der Waals surface area contributed by atoms with Crippen LogP contribution in [0.25, 0.3) is 0 Å². The zero-order valence-corrected chi connectivity index (χ0v) is 16.6. The van der Waals surface area contributed by atoms with Crippen molar-refractivity contribution in [3.05, 3.63) is 65.5 Å². The molecular weight excluding hydrogens is 357 g/mol. The van der Waals surface area contributed by atoms with Gasteiger partial charge >= 0.3 is 6.03 Å². The first kappa shape index (κ1) is 21.2. The molecule has 0 radical (unpaired) electrons. The van der Waals surface area contributed by atoms with Crippen molar-refractivity contribution in [3.63, 3.8) is 0 Å². The molecule has 0 unspecified atom stereocenters. The number of hydrogen-bond donors (Lipinski definition) is 4. The van der Waals surface area contributed by atoms with E-state index < -0.39 is 0 Å². The maximum atomic E-state index is 13.3.